The summed E-state index contributed by atoms with van der Waals surface area (Å²) in [4.78, 5) is 6.56. The molecule has 3 N–H and O–H groups in total. The fourth-order valence-electron chi connectivity index (χ4n) is 2.02. The molecule has 1 saturated heterocycles. The Morgan fingerprint density at radius 2 is 2.44 bits per heavy atom. The van der Waals surface area contributed by atoms with Gasteiger partial charge in [-0.3, -0.25) is 4.98 Å². The first kappa shape index (κ1) is 11.3. The Kier molecular flexibility index (Phi) is 3.36. The van der Waals surface area contributed by atoms with Crippen LogP contribution in [0.15, 0.2) is 18.5 Å². The Hall–Kier alpha value is -1.20. The highest BCUT2D eigenvalue weighted by atomic mass is 32.1. The number of aliphatic hydroxyl groups is 1. The lowest BCUT2D eigenvalue weighted by Crippen LogP contribution is -2.39. The molecule has 1 unspecified atom stereocenters. The number of nitrogens with zero attached hydrogens (tertiary/aromatic N) is 2. The lowest BCUT2D eigenvalue weighted by Gasteiger charge is -2.32. The van der Waals surface area contributed by atoms with E-state index < -0.39 is 0 Å². The quantitative estimate of drug-likeness (QED) is 0.741. The van der Waals surface area contributed by atoms with Crippen LogP contribution >= 0.6 is 12.2 Å². The largest absolute Gasteiger partial charge is 0.391 e. The van der Waals surface area contributed by atoms with Crippen LogP contribution in [0.5, 0.6) is 0 Å². The van der Waals surface area contributed by atoms with Crippen molar-refractivity contribution in [2.45, 2.75) is 18.9 Å². The van der Waals surface area contributed by atoms with Crippen molar-refractivity contribution >= 4 is 22.9 Å². The van der Waals surface area contributed by atoms with Gasteiger partial charge in [-0.05, 0) is 18.9 Å². The van der Waals surface area contributed by atoms with Gasteiger partial charge < -0.3 is 15.7 Å². The van der Waals surface area contributed by atoms with Crippen LogP contribution in [0.2, 0.25) is 0 Å². The summed E-state index contributed by atoms with van der Waals surface area (Å²) in [5.74, 6) is 0. The summed E-state index contributed by atoms with van der Waals surface area (Å²) in [5, 5.41) is 9.64. The zero-order valence-electron chi connectivity index (χ0n) is 8.97. The normalized spacial score (nSPS) is 20.8. The van der Waals surface area contributed by atoms with Gasteiger partial charge in [-0.2, -0.15) is 0 Å². The number of rotatable bonds is 2. The number of aliphatic hydroxyl groups excluding tert-OH is 1. The van der Waals surface area contributed by atoms with E-state index >= 15 is 0 Å². The van der Waals surface area contributed by atoms with Crippen LogP contribution < -0.4 is 10.6 Å². The number of thiocarbonyl (C=S) groups is 1. The third-order valence-corrected chi connectivity index (χ3v) is 3.02. The Balaban J connectivity index is 2.28. The maximum atomic E-state index is 9.64. The number of anilines is 1. The highest BCUT2D eigenvalue weighted by Gasteiger charge is 2.20. The summed E-state index contributed by atoms with van der Waals surface area (Å²) >= 11 is 5.01. The fourth-order valence-corrected chi connectivity index (χ4v) is 2.19. The number of β-amino-alcohol motifs (C(OH)–C–C–N with tert-alkyl or cyclic N) is 1. The second-order valence-electron chi connectivity index (χ2n) is 4.00. The maximum absolute atomic E-state index is 9.64. The van der Waals surface area contributed by atoms with Gasteiger partial charge in [-0.1, -0.05) is 12.2 Å². The molecule has 1 atom stereocenters. The molecule has 1 aliphatic heterocycles. The molecule has 1 fully saturated rings. The number of aromatic nitrogens is 1. The van der Waals surface area contributed by atoms with E-state index in [-0.39, 0.29) is 6.10 Å². The monoisotopic (exact) mass is 237 g/mol. The second kappa shape index (κ2) is 4.76. The van der Waals surface area contributed by atoms with Gasteiger partial charge in [-0.15, -0.1) is 0 Å². The smallest absolute Gasteiger partial charge is 0.106 e. The SMILES string of the molecule is NC(=S)c1ccncc1N1CCCC(O)C1. The van der Waals surface area contributed by atoms with E-state index in [4.69, 9.17) is 18.0 Å². The van der Waals surface area contributed by atoms with E-state index in [1.165, 1.54) is 0 Å². The molecule has 0 radical (unpaired) electrons. The van der Waals surface area contributed by atoms with Crippen LogP contribution in [0.4, 0.5) is 5.69 Å². The van der Waals surface area contributed by atoms with Gasteiger partial charge in [0.1, 0.15) is 4.99 Å². The van der Waals surface area contributed by atoms with Gasteiger partial charge in [0, 0.05) is 24.8 Å². The van der Waals surface area contributed by atoms with Crippen LogP contribution in [0.3, 0.4) is 0 Å². The predicted molar refractivity (Wildman–Crippen MR) is 67.6 cm³/mol. The van der Waals surface area contributed by atoms with E-state index in [1.807, 2.05) is 6.07 Å². The van der Waals surface area contributed by atoms with Crippen molar-refractivity contribution in [3.8, 4) is 0 Å². The summed E-state index contributed by atoms with van der Waals surface area (Å²) in [7, 11) is 0. The molecule has 2 heterocycles. The van der Waals surface area contributed by atoms with E-state index in [1.54, 1.807) is 12.4 Å². The lowest BCUT2D eigenvalue weighted by atomic mass is 10.1. The molecule has 1 aromatic heterocycles. The molecule has 16 heavy (non-hydrogen) atoms. The van der Waals surface area contributed by atoms with Gasteiger partial charge in [-0.25, -0.2) is 0 Å². The maximum Gasteiger partial charge on any atom is 0.106 e. The second-order valence-corrected chi connectivity index (χ2v) is 4.44. The lowest BCUT2D eigenvalue weighted by molar-refractivity contribution is 0.154. The molecule has 2 rings (SSSR count). The van der Waals surface area contributed by atoms with Crippen LogP contribution in [0.1, 0.15) is 18.4 Å². The average molecular weight is 237 g/mol. The minimum Gasteiger partial charge on any atom is -0.391 e. The molecule has 4 nitrogen and oxygen atoms in total. The zero-order chi connectivity index (χ0) is 11.5. The highest BCUT2D eigenvalue weighted by Crippen LogP contribution is 2.23. The van der Waals surface area contributed by atoms with Crippen LogP contribution in [0.25, 0.3) is 0 Å². The first-order chi connectivity index (χ1) is 7.68. The molecule has 0 saturated carbocycles. The average Bonchev–Trinajstić information content (AvgIpc) is 2.29. The van der Waals surface area contributed by atoms with Crippen LogP contribution in [-0.4, -0.2) is 34.3 Å². The molecule has 0 aliphatic carbocycles. The van der Waals surface area contributed by atoms with Crippen molar-refractivity contribution < 1.29 is 5.11 Å². The molecular formula is C11H15N3OS. The summed E-state index contributed by atoms with van der Waals surface area (Å²) in [6.07, 6.45) is 5.00. The van der Waals surface area contributed by atoms with Crippen LogP contribution in [0, 0.1) is 0 Å². The number of hydrogen-bond acceptors (Lipinski definition) is 4. The summed E-state index contributed by atoms with van der Waals surface area (Å²) in [6.45, 7) is 1.54. The molecule has 0 bridgehead atoms. The predicted octanol–water partition coefficient (Wildman–Crippen LogP) is 0.677. The molecule has 0 aromatic carbocycles. The molecule has 0 amide bonds. The van der Waals surface area contributed by atoms with E-state index in [0.29, 0.717) is 11.5 Å². The third-order valence-electron chi connectivity index (χ3n) is 2.80. The summed E-state index contributed by atoms with van der Waals surface area (Å²) < 4.78 is 0. The van der Waals surface area contributed by atoms with E-state index in [0.717, 1.165) is 30.6 Å². The number of piperidine rings is 1. The van der Waals surface area contributed by atoms with Crippen molar-refractivity contribution in [1.82, 2.24) is 4.98 Å². The fraction of sp³-hybridized carbons (Fsp3) is 0.455. The van der Waals surface area contributed by atoms with E-state index in [9.17, 15) is 5.11 Å². The first-order valence-corrected chi connectivity index (χ1v) is 5.76. The van der Waals surface area contributed by atoms with Gasteiger partial charge in [0.15, 0.2) is 0 Å². The molecule has 1 aromatic rings. The number of pyridine rings is 1. The van der Waals surface area contributed by atoms with Gasteiger partial charge >= 0.3 is 0 Å². The summed E-state index contributed by atoms with van der Waals surface area (Å²) in [5.41, 5.74) is 7.43. The van der Waals surface area contributed by atoms with Crippen LogP contribution in [-0.2, 0) is 0 Å². The zero-order valence-corrected chi connectivity index (χ0v) is 9.78. The minimum atomic E-state index is -0.270. The van der Waals surface area contributed by atoms with Gasteiger partial charge in [0.2, 0.25) is 0 Å². The van der Waals surface area contributed by atoms with Gasteiger partial charge in [0.05, 0.1) is 18.0 Å². The molecule has 86 valence electrons. The Morgan fingerprint density at radius 1 is 1.62 bits per heavy atom. The van der Waals surface area contributed by atoms with Crippen molar-refractivity contribution in [2.75, 3.05) is 18.0 Å². The standard InChI is InChI=1S/C11H15N3OS/c12-11(16)9-3-4-13-6-10(9)14-5-1-2-8(15)7-14/h3-4,6,8,15H,1-2,5,7H2,(H2,12,16). The van der Waals surface area contributed by atoms with Gasteiger partial charge in [0.25, 0.3) is 0 Å². The van der Waals surface area contributed by atoms with Crippen molar-refractivity contribution in [2.24, 2.45) is 5.73 Å². The van der Waals surface area contributed by atoms with Crippen molar-refractivity contribution in [3.05, 3.63) is 24.0 Å². The van der Waals surface area contributed by atoms with E-state index in [2.05, 4.69) is 9.88 Å². The number of nitrogens with two attached hydrogens (primary N) is 1. The molecule has 5 heteroatoms. The van der Waals surface area contributed by atoms with Crippen molar-refractivity contribution in [1.29, 1.82) is 0 Å². The third kappa shape index (κ3) is 2.31. The molecule has 1 aliphatic rings. The summed E-state index contributed by atoms with van der Waals surface area (Å²) in [6, 6.07) is 1.82. The highest BCUT2D eigenvalue weighted by molar-refractivity contribution is 7.80. The molecular weight excluding hydrogens is 222 g/mol. The topological polar surface area (TPSA) is 62.4 Å². The Morgan fingerprint density at radius 3 is 3.12 bits per heavy atom. The van der Waals surface area contributed by atoms with Crippen molar-refractivity contribution in [3.63, 3.8) is 0 Å². The minimum absolute atomic E-state index is 0.270. The number of hydrogen-bond donors (Lipinski definition) is 2. The Labute approximate surface area is 100 Å². The molecule has 0 spiro atoms. The Bertz CT molecular complexity index is 397. The first-order valence-electron chi connectivity index (χ1n) is 5.35.